The molecule has 0 radical (unpaired) electrons. The number of benzene rings is 1. The van der Waals surface area contributed by atoms with Crippen LogP contribution in [-0.2, 0) is 0 Å². The summed E-state index contributed by atoms with van der Waals surface area (Å²) >= 11 is 0. The Morgan fingerprint density at radius 2 is 1.62 bits per heavy atom. The van der Waals surface area contributed by atoms with Crippen LogP contribution in [0.15, 0.2) is 6.07 Å². The van der Waals surface area contributed by atoms with Gasteiger partial charge in [-0.1, -0.05) is 0 Å². The fourth-order valence-electron chi connectivity index (χ4n) is 0.953. The average Bonchev–Trinajstić information content (AvgIpc) is 2.13. The summed E-state index contributed by atoms with van der Waals surface area (Å²) in [5.74, 6) is -1.50. The fourth-order valence-corrected chi connectivity index (χ4v) is 0.953. The van der Waals surface area contributed by atoms with Crippen LogP contribution in [-0.4, -0.2) is 29.5 Å². The molecule has 0 atom stereocenters. The molecule has 0 fully saturated rings. The molecular weight excluding hydrogens is 176 g/mol. The predicted molar refractivity (Wildman–Crippen MR) is 44.5 cm³/mol. The molecule has 0 aliphatic heterocycles. The molecule has 0 heterocycles. The molecule has 0 aliphatic rings. The van der Waals surface area contributed by atoms with Gasteiger partial charge in [-0.15, -0.1) is 0 Å². The monoisotopic (exact) mass is 186 g/mol. The second-order valence-corrected chi connectivity index (χ2v) is 2.33. The van der Waals surface area contributed by atoms with Crippen molar-refractivity contribution in [3.05, 3.63) is 6.07 Å². The van der Waals surface area contributed by atoms with Crippen molar-refractivity contribution in [3.8, 4) is 28.7 Å². The lowest BCUT2D eigenvalue weighted by molar-refractivity contribution is 0.310. The summed E-state index contributed by atoms with van der Waals surface area (Å²) < 4.78 is 9.55. The minimum Gasteiger partial charge on any atom is -0.504 e. The Bertz CT molecular complexity index is 321. The number of hydrogen-bond donors (Lipinski definition) is 3. The van der Waals surface area contributed by atoms with Crippen molar-refractivity contribution in [2.45, 2.75) is 0 Å². The molecule has 0 spiro atoms. The van der Waals surface area contributed by atoms with Crippen molar-refractivity contribution in [2.24, 2.45) is 0 Å². The first kappa shape index (κ1) is 9.31. The quantitative estimate of drug-likeness (QED) is 0.596. The first-order chi connectivity index (χ1) is 6.11. The number of aromatic hydroxyl groups is 3. The molecular formula is C8H10O5. The molecule has 5 nitrogen and oxygen atoms in total. The van der Waals surface area contributed by atoms with Crippen LogP contribution in [0.1, 0.15) is 0 Å². The van der Waals surface area contributed by atoms with Crippen LogP contribution in [0.25, 0.3) is 0 Å². The third-order valence-corrected chi connectivity index (χ3v) is 1.60. The Morgan fingerprint density at radius 1 is 1.00 bits per heavy atom. The highest BCUT2D eigenvalue weighted by Crippen LogP contribution is 2.47. The number of methoxy groups -OCH3 is 2. The SMILES string of the molecule is COc1cc(O)c(O)c(O)c1OC. The number of hydrogen-bond acceptors (Lipinski definition) is 5. The standard InChI is InChI=1S/C8H10O5/c1-12-5-3-4(9)6(10)7(11)8(5)13-2/h3,9-11H,1-2H3. The maximum atomic E-state index is 9.28. The van der Waals surface area contributed by atoms with E-state index in [-0.39, 0.29) is 11.5 Å². The molecule has 0 aromatic heterocycles. The highest BCUT2D eigenvalue weighted by atomic mass is 16.5. The molecule has 72 valence electrons. The van der Waals surface area contributed by atoms with Crippen LogP contribution in [0.5, 0.6) is 28.7 Å². The van der Waals surface area contributed by atoms with E-state index in [1.54, 1.807) is 0 Å². The van der Waals surface area contributed by atoms with E-state index in [4.69, 9.17) is 19.7 Å². The van der Waals surface area contributed by atoms with Crippen molar-refractivity contribution >= 4 is 0 Å². The molecule has 3 N–H and O–H groups in total. The van der Waals surface area contributed by atoms with Gasteiger partial charge in [0.1, 0.15) is 0 Å². The van der Waals surface area contributed by atoms with Gasteiger partial charge in [0.15, 0.2) is 11.5 Å². The average molecular weight is 186 g/mol. The number of rotatable bonds is 2. The van der Waals surface area contributed by atoms with E-state index in [0.717, 1.165) is 6.07 Å². The van der Waals surface area contributed by atoms with Gasteiger partial charge in [-0.25, -0.2) is 0 Å². The zero-order chi connectivity index (χ0) is 10.0. The second kappa shape index (κ2) is 3.30. The van der Waals surface area contributed by atoms with Crippen LogP contribution in [0.3, 0.4) is 0 Å². The van der Waals surface area contributed by atoms with Crippen molar-refractivity contribution in [3.63, 3.8) is 0 Å². The van der Waals surface area contributed by atoms with Gasteiger partial charge < -0.3 is 24.8 Å². The molecule has 0 amide bonds. The van der Waals surface area contributed by atoms with Gasteiger partial charge in [0.05, 0.1) is 14.2 Å². The molecule has 1 aromatic carbocycles. The Kier molecular flexibility index (Phi) is 2.36. The summed E-state index contributed by atoms with van der Waals surface area (Å²) in [7, 11) is 2.67. The Hall–Kier alpha value is -1.78. The van der Waals surface area contributed by atoms with Crippen LogP contribution in [0.4, 0.5) is 0 Å². The van der Waals surface area contributed by atoms with Gasteiger partial charge >= 0.3 is 0 Å². The Labute approximate surface area is 74.8 Å². The molecule has 0 bridgehead atoms. The van der Waals surface area contributed by atoms with E-state index in [1.807, 2.05) is 0 Å². The summed E-state index contributed by atoms with van der Waals surface area (Å²) in [4.78, 5) is 0. The molecule has 13 heavy (non-hydrogen) atoms. The number of phenols is 3. The maximum absolute atomic E-state index is 9.28. The summed E-state index contributed by atoms with van der Waals surface area (Å²) in [6.45, 7) is 0. The van der Waals surface area contributed by atoms with E-state index in [2.05, 4.69) is 0 Å². The van der Waals surface area contributed by atoms with Crippen LogP contribution in [0.2, 0.25) is 0 Å². The zero-order valence-corrected chi connectivity index (χ0v) is 7.24. The van der Waals surface area contributed by atoms with Crippen molar-refractivity contribution in [1.29, 1.82) is 0 Å². The third kappa shape index (κ3) is 1.40. The molecule has 0 saturated heterocycles. The van der Waals surface area contributed by atoms with E-state index >= 15 is 0 Å². The van der Waals surface area contributed by atoms with Gasteiger partial charge in [-0.05, 0) is 0 Å². The van der Waals surface area contributed by atoms with E-state index in [0.29, 0.717) is 0 Å². The smallest absolute Gasteiger partial charge is 0.208 e. The van der Waals surface area contributed by atoms with Gasteiger partial charge in [0.2, 0.25) is 17.2 Å². The largest absolute Gasteiger partial charge is 0.504 e. The minimum absolute atomic E-state index is 0.0159. The van der Waals surface area contributed by atoms with Crippen molar-refractivity contribution in [2.75, 3.05) is 14.2 Å². The summed E-state index contributed by atoms with van der Waals surface area (Å²) in [5.41, 5.74) is 0. The Morgan fingerprint density at radius 3 is 2.08 bits per heavy atom. The maximum Gasteiger partial charge on any atom is 0.208 e. The van der Waals surface area contributed by atoms with Gasteiger partial charge in [-0.2, -0.15) is 0 Å². The van der Waals surface area contributed by atoms with Crippen molar-refractivity contribution < 1.29 is 24.8 Å². The lowest BCUT2D eigenvalue weighted by atomic mass is 10.2. The third-order valence-electron chi connectivity index (χ3n) is 1.60. The highest BCUT2D eigenvalue weighted by Gasteiger charge is 2.17. The lowest BCUT2D eigenvalue weighted by Crippen LogP contribution is -1.90. The van der Waals surface area contributed by atoms with E-state index < -0.39 is 17.2 Å². The minimum atomic E-state index is -0.627. The van der Waals surface area contributed by atoms with Crippen LogP contribution in [0, 0.1) is 0 Å². The molecule has 5 heteroatoms. The summed E-state index contributed by atoms with van der Waals surface area (Å²) in [6, 6.07) is 1.15. The van der Waals surface area contributed by atoms with Crippen LogP contribution >= 0.6 is 0 Å². The highest BCUT2D eigenvalue weighted by molar-refractivity contribution is 5.63. The number of phenolic OH excluding ortho intramolecular Hbond substituents is 3. The van der Waals surface area contributed by atoms with E-state index in [1.165, 1.54) is 14.2 Å². The zero-order valence-electron chi connectivity index (χ0n) is 7.24. The summed E-state index contributed by atoms with van der Waals surface area (Å²) in [5, 5.41) is 27.5. The van der Waals surface area contributed by atoms with Gasteiger partial charge in [-0.3, -0.25) is 0 Å². The molecule has 1 rings (SSSR count). The topological polar surface area (TPSA) is 79.2 Å². The first-order valence-corrected chi connectivity index (χ1v) is 3.47. The van der Waals surface area contributed by atoms with E-state index in [9.17, 15) is 5.11 Å². The molecule has 1 aromatic rings. The fraction of sp³-hybridized carbons (Fsp3) is 0.250. The van der Waals surface area contributed by atoms with Crippen LogP contribution < -0.4 is 9.47 Å². The molecule has 0 saturated carbocycles. The molecule has 0 unspecified atom stereocenters. The number of ether oxygens (including phenoxy) is 2. The van der Waals surface area contributed by atoms with Gasteiger partial charge in [0, 0.05) is 6.07 Å². The lowest BCUT2D eigenvalue weighted by Gasteiger charge is -2.10. The normalized spacial score (nSPS) is 9.69. The second-order valence-electron chi connectivity index (χ2n) is 2.33. The van der Waals surface area contributed by atoms with Crippen molar-refractivity contribution in [1.82, 2.24) is 0 Å². The predicted octanol–water partition coefficient (Wildman–Crippen LogP) is 0.821. The van der Waals surface area contributed by atoms with Gasteiger partial charge in [0.25, 0.3) is 0 Å². The molecule has 0 aliphatic carbocycles. The first-order valence-electron chi connectivity index (χ1n) is 3.47. The Balaban J connectivity index is 3.39. The summed E-state index contributed by atoms with van der Waals surface area (Å²) in [6.07, 6.45) is 0.